The minimum atomic E-state index is -5.08. The van der Waals surface area contributed by atoms with Crippen LogP contribution >= 0.6 is 0 Å². The molecule has 0 radical (unpaired) electrons. The molecule has 2 atom stereocenters. The summed E-state index contributed by atoms with van der Waals surface area (Å²) < 4.78 is 43.9. The molecule has 3 heterocycles. The summed E-state index contributed by atoms with van der Waals surface area (Å²) in [4.78, 5) is 27.9. The SMILES string of the molecule is O=C(C1CC=CC1)N1CCC[C@]2(C[C@@H](OCc3ccccn3)CO2)C1.O=C(O)C(F)(F)F. The quantitative estimate of drug-likeness (QED) is 0.699. The van der Waals surface area contributed by atoms with Crippen molar-refractivity contribution in [2.75, 3.05) is 19.7 Å². The highest BCUT2D eigenvalue weighted by atomic mass is 19.4. The zero-order chi connectivity index (χ0) is 23.2. The standard InChI is InChI=1S/C20H26N2O3.C2HF3O2/c23-19(16-6-1-2-7-16)22-11-5-9-20(15-22)12-18(14-25-20)24-13-17-8-3-4-10-21-17;3-2(4,5)1(6)7/h1-4,8,10,16,18H,5-7,9,11-15H2;(H,6,7)/t18-,20+;/m1./s1. The number of hydrogen-bond donors (Lipinski definition) is 1. The molecular formula is C22H27F3N2O5. The predicted octanol–water partition coefficient (Wildman–Crippen LogP) is 3.35. The maximum atomic E-state index is 12.7. The van der Waals surface area contributed by atoms with Crippen LogP contribution in [0.5, 0.6) is 0 Å². The van der Waals surface area contributed by atoms with Crippen molar-refractivity contribution in [1.82, 2.24) is 9.88 Å². The number of halogens is 3. The Kier molecular flexibility index (Phi) is 7.89. The second kappa shape index (κ2) is 10.4. The van der Waals surface area contributed by atoms with Gasteiger partial charge in [0.15, 0.2) is 0 Å². The monoisotopic (exact) mass is 456 g/mol. The third kappa shape index (κ3) is 6.52. The zero-order valence-electron chi connectivity index (χ0n) is 17.6. The summed E-state index contributed by atoms with van der Waals surface area (Å²) in [5, 5.41) is 7.12. The number of rotatable bonds is 4. The molecule has 2 fully saturated rings. The number of carboxylic acid groups (broad SMARTS) is 1. The summed E-state index contributed by atoms with van der Waals surface area (Å²) >= 11 is 0. The summed E-state index contributed by atoms with van der Waals surface area (Å²) in [5.41, 5.74) is 0.729. The number of carboxylic acids is 1. The number of carbonyl (C=O) groups is 2. The van der Waals surface area contributed by atoms with E-state index in [0.717, 1.165) is 44.3 Å². The zero-order valence-corrected chi connectivity index (χ0v) is 17.6. The lowest BCUT2D eigenvalue weighted by atomic mass is 9.88. The first-order chi connectivity index (χ1) is 15.2. The average Bonchev–Trinajstić information content (AvgIpc) is 3.43. The number of likely N-dealkylation sites (tertiary alicyclic amines) is 1. The van der Waals surface area contributed by atoms with Crippen molar-refractivity contribution in [3.8, 4) is 0 Å². The van der Waals surface area contributed by atoms with Crippen molar-refractivity contribution in [3.05, 3.63) is 42.2 Å². The highest BCUT2D eigenvalue weighted by Gasteiger charge is 2.45. The van der Waals surface area contributed by atoms with Crippen molar-refractivity contribution in [2.45, 2.75) is 56.6 Å². The molecule has 1 aromatic rings. The van der Waals surface area contributed by atoms with Gasteiger partial charge in [0.2, 0.25) is 5.91 Å². The first kappa shape index (κ1) is 24.2. The topological polar surface area (TPSA) is 89.0 Å². The lowest BCUT2D eigenvalue weighted by molar-refractivity contribution is -0.192. The minimum absolute atomic E-state index is 0.0882. The van der Waals surface area contributed by atoms with Crippen molar-refractivity contribution < 1.29 is 37.3 Å². The van der Waals surface area contributed by atoms with Crippen LogP contribution in [0.2, 0.25) is 0 Å². The van der Waals surface area contributed by atoms with Gasteiger partial charge >= 0.3 is 12.1 Å². The van der Waals surface area contributed by atoms with Gasteiger partial charge in [0.25, 0.3) is 0 Å². The lowest BCUT2D eigenvalue weighted by Gasteiger charge is -2.40. The molecule has 10 heteroatoms. The Bertz CT molecular complexity index is 810. The molecule has 7 nitrogen and oxygen atoms in total. The van der Waals surface area contributed by atoms with Gasteiger partial charge in [-0.05, 0) is 37.8 Å². The van der Waals surface area contributed by atoms with Gasteiger partial charge in [-0.15, -0.1) is 0 Å². The fourth-order valence-electron chi connectivity index (χ4n) is 4.24. The number of allylic oxidation sites excluding steroid dienone is 2. The van der Waals surface area contributed by atoms with Gasteiger partial charge in [-0.25, -0.2) is 4.79 Å². The van der Waals surface area contributed by atoms with Crippen LogP contribution in [0, 0.1) is 5.92 Å². The molecule has 4 rings (SSSR count). The molecule has 1 amide bonds. The van der Waals surface area contributed by atoms with E-state index in [4.69, 9.17) is 19.4 Å². The van der Waals surface area contributed by atoms with Crippen LogP contribution in [-0.4, -0.2) is 64.4 Å². The van der Waals surface area contributed by atoms with Crippen molar-refractivity contribution in [2.24, 2.45) is 5.92 Å². The summed E-state index contributed by atoms with van der Waals surface area (Å²) in [6, 6.07) is 5.85. The van der Waals surface area contributed by atoms with Gasteiger partial charge in [-0.3, -0.25) is 9.78 Å². The van der Waals surface area contributed by atoms with Gasteiger partial charge in [-0.2, -0.15) is 13.2 Å². The van der Waals surface area contributed by atoms with Crippen molar-refractivity contribution >= 4 is 11.9 Å². The number of aromatic nitrogens is 1. The Morgan fingerprint density at radius 1 is 1.28 bits per heavy atom. The van der Waals surface area contributed by atoms with Gasteiger partial charge < -0.3 is 19.5 Å². The molecule has 0 saturated carbocycles. The Morgan fingerprint density at radius 3 is 2.62 bits per heavy atom. The minimum Gasteiger partial charge on any atom is -0.475 e. The fourth-order valence-corrected chi connectivity index (χ4v) is 4.24. The number of amides is 1. The molecule has 3 aliphatic rings. The van der Waals surface area contributed by atoms with Crippen LogP contribution in [-0.2, 0) is 25.7 Å². The van der Waals surface area contributed by atoms with E-state index < -0.39 is 12.1 Å². The summed E-state index contributed by atoms with van der Waals surface area (Å²) in [6.45, 7) is 2.70. The van der Waals surface area contributed by atoms with Crippen molar-refractivity contribution in [3.63, 3.8) is 0 Å². The molecule has 2 aliphatic heterocycles. The smallest absolute Gasteiger partial charge is 0.475 e. The molecule has 0 aromatic carbocycles. The van der Waals surface area contributed by atoms with Crippen LogP contribution < -0.4 is 0 Å². The molecule has 0 unspecified atom stereocenters. The molecule has 1 aromatic heterocycles. The molecule has 0 bridgehead atoms. The van der Waals surface area contributed by atoms with Crippen molar-refractivity contribution in [1.29, 1.82) is 0 Å². The predicted molar refractivity (Wildman–Crippen MR) is 107 cm³/mol. The molecule has 176 valence electrons. The molecule has 32 heavy (non-hydrogen) atoms. The van der Waals surface area contributed by atoms with E-state index in [1.807, 2.05) is 23.1 Å². The number of ether oxygens (including phenoxy) is 2. The van der Waals surface area contributed by atoms with E-state index >= 15 is 0 Å². The number of nitrogens with zero attached hydrogens (tertiary/aromatic N) is 2. The maximum Gasteiger partial charge on any atom is 0.490 e. The van der Waals surface area contributed by atoms with Crippen LogP contribution in [0.1, 0.15) is 37.8 Å². The van der Waals surface area contributed by atoms with Gasteiger partial charge in [0, 0.05) is 31.6 Å². The highest BCUT2D eigenvalue weighted by molar-refractivity contribution is 5.80. The number of pyridine rings is 1. The molecule has 1 spiro atoms. The van der Waals surface area contributed by atoms with E-state index in [9.17, 15) is 18.0 Å². The van der Waals surface area contributed by atoms with Gasteiger partial charge in [0.1, 0.15) is 0 Å². The highest BCUT2D eigenvalue weighted by Crippen LogP contribution is 2.37. The van der Waals surface area contributed by atoms with Crippen LogP contribution in [0.15, 0.2) is 36.5 Å². The Labute approximate surface area is 184 Å². The average molecular weight is 456 g/mol. The Hall–Kier alpha value is -2.46. The molecule has 1 N–H and O–H groups in total. The third-order valence-corrected chi connectivity index (χ3v) is 5.82. The van der Waals surface area contributed by atoms with Gasteiger partial charge in [-0.1, -0.05) is 18.2 Å². The lowest BCUT2D eigenvalue weighted by Crippen LogP contribution is -2.51. The molecular weight excluding hydrogens is 429 g/mol. The summed E-state index contributed by atoms with van der Waals surface area (Å²) in [7, 11) is 0. The van der Waals surface area contributed by atoms with Gasteiger partial charge in [0.05, 0.1) is 30.6 Å². The summed E-state index contributed by atoms with van der Waals surface area (Å²) in [6.07, 6.45) is 5.71. The normalized spacial score (nSPS) is 25.6. The maximum absolute atomic E-state index is 12.7. The number of aliphatic carboxylic acids is 1. The first-order valence-corrected chi connectivity index (χ1v) is 10.6. The van der Waals surface area contributed by atoms with Crippen LogP contribution in [0.3, 0.4) is 0 Å². The number of carbonyl (C=O) groups excluding carboxylic acids is 1. The van der Waals surface area contributed by atoms with Crippen LogP contribution in [0.4, 0.5) is 13.2 Å². The molecule has 2 saturated heterocycles. The Balaban J connectivity index is 0.000000360. The number of hydrogen-bond acceptors (Lipinski definition) is 5. The second-order valence-electron chi connectivity index (χ2n) is 8.26. The van der Waals surface area contributed by atoms with E-state index in [2.05, 4.69) is 17.1 Å². The van der Waals surface area contributed by atoms with E-state index in [1.54, 1.807) is 6.20 Å². The molecule has 1 aliphatic carbocycles. The fraction of sp³-hybridized carbons (Fsp3) is 0.591. The largest absolute Gasteiger partial charge is 0.490 e. The van der Waals surface area contributed by atoms with Crippen LogP contribution in [0.25, 0.3) is 0 Å². The number of alkyl halides is 3. The second-order valence-corrected chi connectivity index (χ2v) is 8.26. The van der Waals surface area contributed by atoms with E-state index in [0.29, 0.717) is 25.7 Å². The third-order valence-electron chi connectivity index (χ3n) is 5.82. The number of piperidine rings is 1. The first-order valence-electron chi connectivity index (χ1n) is 10.6. The summed E-state index contributed by atoms with van der Waals surface area (Å²) in [5.74, 6) is -2.31. The Morgan fingerprint density at radius 2 is 2.00 bits per heavy atom. The van der Waals surface area contributed by atoms with E-state index in [-0.39, 0.29) is 17.6 Å². The van der Waals surface area contributed by atoms with E-state index in [1.165, 1.54) is 0 Å².